The summed E-state index contributed by atoms with van der Waals surface area (Å²) in [4.78, 5) is 2.51. The van der Waals surface area contributed by atoms with Crippen LogP contribution in [0.1, 0.15) is 18.9 Å². The van der Waals surface area contributed by atoms with Gasteiger partial charge >= 0.3 is 0 Å². The lowest BCUT2D eigenvalue weighted by Crippen LogP contribution is -2.43. The zero-order chi connectivity index (χ0) is 15.4. The second kappa shape index (κ2) is 6.84. The fraction of sp³-hybridized carbons (Fsp3) is 0.368. The smallest absolute Gasteiger partial charge is 0.121 e. The second-order valence-corrected chi connectivity index (χ2v) is 6.22. The van der Waals surface area contributed by atoms with Crippen LogP contribution in [0.4, 0.5) is 5.69 Å². The molecule has 0 radical (unpaired) electrons. The maximum Gasteiger partial charge on any atom is 0.121 e. The van der Waals surface area contributed by atoms with Crippen molar-refractivity contribution < 1.29 is 4.74 Å². The number of anilines is 1. The van der Waals surface area contributed by atoms with Crippen molar-refractivity contribution in [3.05, 3.63) is 60.2 Å². The van der Waals surface area contributed by atoms with Crippen LogP contribution in [0.2, 0.25) is 0 Å². The van der Waals surface area contributed by atoms with Crippen molar-refractivity contribution in [1.29, 1.82) is 0 Å². The Bertz CT molecular complexity index is 599. The summed E-state index contributed by atoms with van der Waals surface area (Å²) in [5.74, 6) is 1.40. The van der Waals surface area contributed by atoms with Gasteiger partial charge in [0.25, 0.3) is 0 Å². The molecule has 0 saturated carbocycles. The van der Waals surface area contributed by atoms with Crippen LogP contribution in [-0.2, 0) is 6.54 Å². The van der Waals surface area contributed by atoms with Crippen LogP contribution < -0.4 is 10.5 Å². The van der Waals surface area contributed by atoms with Crippen molar-refractivity contribution in [3.63, 3.8) is 0 Å². The lowest BCUT2D eigenvalue weighted by Gasteiger charge is -2.37. The number of likely N-dealkylation sites (tertiary alicyclic amines) is 1. The molecule has 1 heterocycles. The molecule has 2 aromatic carbocycles. The molecule has 0 spiro atoms. The predicted octanol–water partition coefficient (Wildman–Crippen LogP) is 3.56. The highest BCUT2D eigenvalue weighted by Crippen LogP contribution is 2.25. The molecule has 3 heteroatoms. The summed E-state index contributed by atoms with van der Waals surface area (Å²) in [6.07, 6.45) is 1.33. The van der Waals surface area contributed by atoms with Gasteiger partial charge in [0.1, 0.15) is 11.9 Å². The maximum atomic E-state index is 6.14. The molecule has 1 aliphatic heterocycles. The van der Waals surface area contributed by atoms with Gasteiger partial charge in [-0.3, -0.25) is 4.90 Å². The fourth-order valence-corrected chi connectivity index (χ4v) is 3.13. The Kier molecular flexibility index (Phi) is 4.64. The molecule has 0 amide bonds. The van der Waals surface area contributed by atoms with Crippen LogP contribution >= 0.6 is 0 Å². The van der Waals surface area contributed by atoms with Gasteiger partial charge in [-0.05, 0) is 24.1 Å². The molecule has 22 heavy (non-hydrogen) atoms. The Hall–Kier alpha value is -2.00. The van der Waals surface area contributed by atoms with Crippen molar-refractivity contribution in [2.75, 3.05) is 18.8 Å². The normalized spacial score (nSPS) is 22.4. The number of piperidine rings is 1. The van der Waals surface area contributed by atoms with E-state index in [4.69, 9.17) is 10.5 Å². The molecular formula is C19H24N2O. The third-order valence-corrected chi connectivity index (χ3v) is 4.31. The van der Waals surface area contributed by atoms with E-state index in [1.54, 1.807) is 0 Å². The van der Waals surface area contributed by atoms with Gasteiger partial charge in [-0.25, -0.2) is 0 Å². The first-order valence-corrected chi connectivity index (χ1v) is 7.99. The van der Waals surface area contributed by atoms with Crippen LogP contribution in [0.3, 0.4) is 0 Å². The van der Waals surface area contributed by atoms with Gasteiger partial charge in [-0.1, -0.05) is 43.3 Å². The van der Waals surface area contributed by atoms with Crippen molar-refractivity contribution in [1.82, 2.24) is 4.90 Å². The van der Waals surface area contributed by atoms with E-state index >= 15 is 0 Å². The van der Waals surface area contributed by atoms with Gasteiger partial charge in [0.2, 0.25) is 0 Å². The van der Waals surface area contributed by atoms with E-state index in [1.165, 1.54) is 5.56 Å². The van der Waals surface area contributed by atoms with E-state index < -0.39 is 0 Å². The molecule has 0 bridgehead atoms. The third kappa shape index (κ3) is 3.80. The number of nitrogen functional groups attached to an aromatic ring is 1. The molecule has 2 aromatic rings. The highest BCUT2D eigenvalue weighted by molar-refractivity contribution is 5.43. The molecule has 3 nitrogen and oxygen atoms in total. The largest absolute Gasteiger partial charge is 0.490 e. The number of nitrogens with zero attached hydrogens (tertiary/aromatic N) is 1. The second-order valence-electron chi connectivity index (χ2n) is 6.22. The average molecular weight is 296 g/mol. The van der Waals surface area contributed by atoms with E-state index in [0.29, 0.717) is 5.92 Å². The number of hydrogen-bond acceptors (Lipinski definition) is 3. The molecule has 1 saturated heterocycles. The van der Waals surface area contributed by atoms with Crippen LogP contribution in [0, 0.1) is 5.92 Å². The number of benzene rings is 2. The minimum absolute atomic E-state index is 0.272. The van der Waals surface area contributed by atoms with Crippen molar-refractivity contribution in [2.45, 2.75) is 26.0 Å². The Labute approximate surface area is 132 Å². The van der Waals surface area contributed by atoms with Crippen LogP contribution in [-0.4, -0.2) is 24.1 Å². The summed E-state index contributed by atoms with van der Waals surface area (Å²) in [5.41, 5.74) is 7.95. The monoisotopic (exact) mass is 296 g/mol. The molecule has 116 valence electrons. The number of nitrogens with two attached hydrogens (primary N) is 1. The van der Waals surface area contributed by atoms with Gasteiger partial charge in [0.15, 0.2) is 0 Å². The van der Waals surface area contributed by atoms with Gasteiger partial charge in [0, 0.05) is 37.3 Å². The zero-order valence-corrected chi connectivity index (χ0v) is 13.1. The van der Waals surface area contributed by atoms with E-state index in [1.807, 2.05) is 24.3 Å². The van der Waals surface area contributed by atoms with Gasteiger partial charge in [-0.15, -0.1) is 0 Å². The SMILES string of the molecule is C[C@@H]1CN(Cc2ccccc2)CC[C@@H]1Oc1cccc(N)c1. The number of ether oxygens (including phenoxy) is 1. The van der Waals surface area contributed by atoms with Crippen LogP contribution in [0.15, 0.2) is 54.6 Å². The first kappa shape index (κ1) is 14.9. The fourth-order valence-electron chi connectivity index (χ4n) is 3.13. The molecule has 3 rings (SSSR count). The number of rotatable bonds is 4. The molecule has 1 fully saturated rings. The van der Waals surface area contributed by atoms with Crippen molar-refractivity contribution >= 4 is 5.69 Å². The minimum atomic E-state index is 0.272. The summed E-state index contributed by atoms with van der Waals surface area (Å²) >= 11 is 0. The van der Waals surface area contributed by atoms with E-state index in [0.717, 1.165) is 37.5 Å². The van der Waals surface area contributed by atoms with Crippen LogP contribution in [0.5, 0.6) is 5.75 Å². The highest BCUT2D eigenvalue weighted by Gasteiger charge is 2.27. The Morgan fingerprint density at radius 3 is 2.68 bits per heavy atom. The minimum Gasteiger partial charge on any atom is -0.490 e. The van der Waals surface area contributed by atoms with Gasteiger partial charge in [0.05, 0.1) is 0 Å². The van der Waals surface area contributed by atoms with Gasteiger partial charge in [-0.2, -0.15) is 0 Å². The summed E-state index contributed by atoms with van der Waals surface area (Å²) in [7, 11) is 0. The Morgan fingerprint density at radius 1 is 1.14 bits per heavy atom. The van der Waals surface area contributed by atoms with E-state index in [2.05, 4.69) is 42.2 Å². The summed E-state index contributed by atoms with van der Waals surface area (Å²) in [5, 5.41) is 0. The molecular weight excluding hydrogens is 272 g/mol. The van der Waals surface area contributed by atoms with Crippen molar-refractivity contribution in [2.24, 2.45) is 5.92 Å². The topological polar surface area (TPSA) is 38.5 Å². The summed E-state index contributed by atoms with van der Waals surface area (Å²) < 4.78 is 6.14. The van der Waals surface area contributed by atoms with E-state index in [9.17, 15) is 0 Å². The van der Waals surface area contributed by atoms with Crippen LogP contribution in [0.25, 0.3) is 0 Å². The summed E-state index contributed by atoms with van der Waals surface area (Å²) in [6, 6.07) is 18.4. The quantitative estimate of drug-likeness (QED) is 0.877. The zero-order valence-electron chi connectivity index (χ0n) is 13.1. The highest BCUT2D eigenvalue weighted by atomic mass is 16.5. The average Bonchev–Trinajstić information content (AvgIpc) is 2.51. The molecule has 0 unspecified atom stereocenters. The van der Waals surface area contributed by atoms with Crippen molar-refractivity contribution in [3.8, 4) is 5.75 Å². The lowest BCUT2D eigenvalue weighted by molar-refractivity contribution is 0.0491. The Morgan fingerprint density at radius 2 is 1.95 bits per heavy atom. The standard InChI is InChI=1S/C19H24N2O/c1-15-13-21(14-16-6-3-2-4-7-16)11-10-19(15)22-18-9-5-8-17(20)12-18/h2-9,12,15,19H,10-11,13-14,20H2,1H3/t15-,19+/m1/s1. The third-order valence-electron chi connectivity index (χ3n) is 4.31. The molecule has 2 atom stereocenters. The molecule has 0 aromatic heterocycles. The molecule has 2 N–H and O–H groups in total. The maximum absolute atomic E-state index is 6.14. The first-order chi connectivity index (χ1) is 10.7. The molecule has 1 aliphatic rings. The predicted molar refractivity (Wildman–Crippen MR) is 90.8 cm³/mol. The molecule has 0 aliphatic carbocycles. The number of hydrogen-bond donors (Lipinski definition) is 1. The van der Waals surface area contributed by atoms with E-state index in [-0.39, 0.29) is 6.10 Å². The first-order valence-electron chi connectivity index (χ1n) is 7.99. The Balaban J connectivity index is 1.56. The van der Waals surface area contributed by atoms with Gasteiger partial charge < -0.3 is 10.5 Å². The summed E-state index contributed by atoms with van der Waals surface area (Å²) in [6.45, 7) is 5.44. The lowest BCUT2D eigenvalue weighted by atomic mass is 9.96.